The number of likely N-dealkylation sites (tertiary alicyclic amines) is 1. The summed E-state index contributed by atoms with van der Waals surface area (Å²) in [4.78, 5) is 27.3. The normalized spacial score (nSPS) is 20.1. The molecule has 10 heteroatoms. The van der Waals surface area contributed by atoms with Gasteiger partial charge in [0.15, 0.2) is 0 Å². The number of halogens is 3. The Morgan fingerprint density at radius 3 is 2.79 bits per heavy atom. The maximum absolute atomic E-state index is 13.8. The van der Waals surface area contributed by atoms with Crippen molar-refractivity contribution in [1.29, 1.82) is 0 Å². The summed E-state index contributed by atoms with van der Waals surface area (Å²) in [6, 6.07) is 5.40. The Kier molecular flexibility index (Phi) is 5.48. The van der Waals surface area contributed by atoms with E-state index in [0.717, 1.165) is 44.2 Å². The molecule has 33 heavy (non-hydrogen) atoms. The first-order chi connectivity index (χ1) is 15.8. The average molecular weight is 458 g/mol. The molecular weight excluding hydrogens is 433 g/mol. The van der Waals surface area contributed by atoms with E-state index in [1.807, 2.05) is 7.05 Å². The van der Waals surface area contributed by atoms with Crippen molar-refractivity contribution >= 4 is 28.4 Å². The zero-order valence-corrected chi connectivity index (χ0v) is 18.2. The van der Waals surface area contributed by atoms with E-state index >= 15 is 0 Å². The highest BCUT2D eigenvalue weighted by Gasteiger charge is 2.36. The lowest BCUT2D eigenvalue weighted by Gasteiger charge is -2.30. The summed E-state index contributed by atoms with van der Waals surface area (Å²) in [7, 11) is 2.02. The Balaban J connectivity index is 1.53. The number of anilines is 2. The molecule has 2 saturated heterocycles. The number of likely N-dealkylation sites (N-methyl/N-ethyl adjacent to an activating group) is 1. The number of rotatable bonds is 4. The SMILES string of the molecule is CN1CCCC(Nc2ncc(C(F)(F)F)c(-c3c[nH]c4cc(N5CCCC5=O)ccc34)n2)C1. The van der Waals surface area contributed by atoms with Crippen LogP contribution in [0.5, 0.6) is 0 Å². The first-order valence-electron chi connectivity index (χ1n) is 11.1. The van der Waals surface area contributed by atoms with Gasteiger partial charge in [-0.25, -0.2) is 9.97 Å². The Labute approximate surface area is 189 Å². The molecule has 0 spiro atoms. The second kappa shape index (κ2) is 8.33. The zero-order valence-electron chi connectivity index (χ0n) is 18.2. The largest absolute Gasteiger partial charge is 0.419 e. The lowest BCUT2D eigenvalue weighted by molar-refractivity contribution is -0.137. The molecule has 2 fully saturated rings. The minimum absolute atomic E-state index is 0.0559. The van der Waals surface area contributed by atoms with Crippen LogP contribution >= 0.6 is 0 Å². The number of carbonyl (C=O) groups is 1. The zero-order chi connectivity index (χ0) is 23.2. The van der Waals surface area contributed by atoms with Crippen molar-refractivity contribution in [2.24, 2.45) is 0 Å². The van der Waals surface area contributed by atoms with Crippen molar-refractivity contribution in [2.75, 3.05) is 36.9 Å². The van der Waals surface area contributed by atoms with Crippen LogP contribution in [0.25, 0.3) is 22.2 Å². The maximum atomic E-state index is 13.8. The van der Waals surface area contributed by atoms with Crippen LogP contribution in [-0.4, -0.2) is 58.5 Å². The van der Waals surface area contributed by atoms with E-state index in [-0.39, 0.29) is 23.6 Å². The van der Waals surface area contributed by atoms with Crippen LogP contribution in [0.2, 0.25) is 0 Å². The van der Waals surface area contributed by atoms with Crippen molar-refractivity contribution in [3.63, 3.8) is 0 Å². The molecular formula is C23H25F3N6O. The van der Waals surface area contributed by atoms with Gasteiger partial charge in [-0.05, 0) is 45.0 Å². The van der Waals surface area contributed by atoms with Gasteiger partial charge in [0.05, 0.1) is 5.69 Å². The predicted molar refractivity (Wildman–Crippen MR) is 120 cm³/mol. The molecule has 2 aliphatic heterocycles. The van der Waals surface area contributed by atoms with Crippen LogP contribution in [0.4, 0.5) is 24.8 Å². The van der Waals surface area contributed by atoms with Gasteiger partial charge in [-0.2, -0.15) is 13.2 Å². The van der Waals surface area contributed by atoms with E-state index < -0.39 is 11.7 Å². The van der Waals surface area contributed by atoms with Crippen LogP contribution in [0.1, 0.15) is 31.2 Å². The van der Waals surface area contributed by atoms with Crippen molar-refractivity contribution in [1.82, 2.24) is 19.9 Å². The third-order valence-corrected chi connectivity index (χ3v) is 6.36. The summed E-state index contributed by atoms with van der Waals surface area (Å²) < 4.78 is 41.5. The topological polar surface area (TPSA) is 77.2 Å². The van der Waals surface area contributed by atoms with Gasteiger partial charge >= 0.3 is 6.18 Å². The van der Waals surface area contributed by atoms with E-state index in [9.17, 15) is 18.0 Å². The quantitative estimate of drug-likeness (QED) is 0.611. The van der Waals surface area contributed by atoms with Gasteiger partial charge in [-0.1, -0.05) is 6.07 Å². The second-order valence-corrected chi connectivity index (χ2v) is 8.78. The third kappa shape index (κ3) is 4.27. The molecule has 0 bridgehead atoms. The molecule has 174 valence electrons. The molecule has 0 aliphatic carbocycles. The highest BCUT2D eigenvalue weighted by atomic mass is 19.4. The molecule has 4 heterocycles. The number of H-pyrrole nitrogens is 1. The van der Waals surface area contributed by atoms with Gasteiger partial charge in [0.25, 0.3) is 0 Å². The Morgan fingerprint density at radius 1 is 1.21 bits per heavy atom. The number of benzene rings is 1. The first-order valence-corrected chi connectivity index (χ1v) is 11.1. The summed E-state index contributed by atoms with van der Waals surface area (Å²) in [5.41, 5.74) is 0.690. The molecule has 1 aromatic carbocycles. The van der Waals surface area contributed by atoms with Crippen LogP contribution in [0.15, 0.2) is 30.6 Å². The van der Waals surface area contributed by atoms with E-state index in [1.54, 1.807) is 23.1 Å². The number of carbonyl (C=O) groups excluding carboxylic acids is 1. The molecule has 1 amide bonds. The maximum Gasteiger partial charge on any atom is 0.419 e. The first kappa shape index (κ1) is 21.7. The Bertz CT molecular complexity index is 1190. The van der Waals surface area contributed by atoms with E-state index in [0.29, 0.717) is 29.4 Å². The smallest absolute Gasteiger partial charge is 0.360 e. The second-order valence-electron chi connectivity index (χ2n) is 8.78. The molecule has 1 unspecified atom stereocenters. The molecule has 2 aliphatic rings. The highest BCUT2D eigenvalue weighted by molar-refractivity contribution is 6.01. The fourth-order valence-corrected chi connectivity index (χ4v) is 4.73. The standard InChI is InChI=1S/C23H25F3N6O/c1-31-8-2-4-14(13-31)29-22-28-12-18(23(24,25)26)21(30-22)17-11-27-19-10-15(6-7-16(17)19)32-9-3-5-20(32)33/h6-7,10-12,14,27H,2-5,8-9,13H2,1H3,(H,28,29,30). The number of aromatic amines is 1. The van der Waals surface area contributed by atoms with Gasteiger partial charge in [-0.3, -0.25) is 4.79 Å². The molecule has 5 rings (SSSR count). The van der Waals surface area contributed by atoms with E-state index in [2.05, 4.69) is 25.2 Å². The predicted octanol–water partition coefficient (Wildman–Crippen LogP) is 4.28. The summed E-state index contributed by atoms with van der Waals surface area (Å²) in [6.45, 7) is 2.43. The summed E-state index contributed by atoms with van der Waals surface area (Å²) >= 11 is 0. The highest BCUT2D eigenvalue weighted by Crippen LogP contribution is 2.39. The van der Waals surface area contributed by atoms with Crippen LogP contribution in [0, 0.1) is 0 Å². The van der Waals surface area contributed by atoms with Gasteiger partial charge in [-0.15, -0.1) is 0 Å². The fourth-order valence-electron chi connectivity index (χ4n) is 4.73. The number of aromatic nitrogens is 3. The molecule has 0 saturated carbocycles. The molecule has 1 atom stereocenters. The number of hydrogen-bond donors (Lipinski definition) is 2. The molecule has 2 N–H and O–H groups in total. The average Bonchev–Trinajstić information content (AvgIpc) is 3.38. The van der Waals surface area contributed by atoms with Crippen molar-refractivity contribution in [3.05, 3.63) is 36.2 Å². The third-order valence-electron chi connectivity index (χ3n) is 6.36. The van der Waals surface area contributed by atoms with Gasteiger partial charge in [0, 0.05) is 60.1 Å². The number of alkyl halides is 3. The van der Waals surface area contributed by atoms with Crippen molar-refractivity contribution in [3.8, 4) is 11.3 Å². The van der Waals surface area contributed by atoms with Gasteiger partial charge in [0.2, 0.25) is 11.9 Å². The van der Waals surface area contributed by atoms with Crippen molar-refractivity contribution < 1.29 is 18.0 Å². The van der Waals surface area contributed by atoms with E-state index in [1.165, 1.54) is 6.20 Å². The van der Waals surface area contributed by atoms with Crippen molar-refractivity contribution in [2.45, 2.75) is 37.9 Å². The monoisotopic (exact) mass is 458 g/mol. The molecule has 3 aromatic rings. The molecule has 0 radical (unpaired) electrons. The minimum Gasteiger partial charge on any atom is -0.360 e. The number of nitrogens with zero attached hydrogens (tertiary/aromatic N) is 4. The van der Waals surface area contributed by atoms with Gasteiger partial charge in [0.1, 0.15) is 5.56 Å². The Morgan fingerprint density at radius 2 is 2.06 bits per heavy atom. The number of hydrogen-bond acceptors (Lipinski definition) is 5. The lowest BCUT2D eigenvalue weighted by atomic mass is 10.0. The number of fused-ring (bicyclic) bond motifs is 1. The summed E-state index contributed by atoms with van der Waals surface area (Å²) in [5.74, 6) is 0.243. The van der Waals surface area contributed by atoms with Crippen LogP contribution < -0.4 is 10.2 Å². The molecule has 2 aromatic heterocycles. The number of piperidine rings is 1. The summed E-state index contributed by atoms with van der Waals surface area (Å²) in [6.07, 6.45) is 1.03. The number of nitrogens with one attached hydrogen (secondary N) is 2. The van der Waals surface area contributed by atoms with Crippen LogP contribution in [-0.2, 0) is 11.0 Å². The minimum atomic E-state index is -4.59. The Hall–Kier alpha value is -3.14. The number of amides is 1. The molecule has 7 nitrogen and oxygen atoms in total. The van der Waals surface area contributed by atoms with Gasteiger partial charge < -0.3 is 20.1 Å². The summed E-state index contributed by atoms with van der Waals surface area (Å²) in [5, 5.41) is 3.82. The fraction of sp³-hybridized carbons (Fsp3) is 0.435. The van der Waals surface area contributed by atoms with E-state index in [4.69, 9.17) is 0 Å². The van der Waals surface area contributed by atoms with Crippen LogP contribution in [0.3, 0.4) is 0 Å². The lowest BCUT2D eigenvalue weighted by Crippen LogP contribution is -2.40.